The summed E-state index contributed by atoms with van der Waals surface area (Å²) in [4.78, 5) is 28.0. The molecule has 7 heteroatoms. The van der Waals surface area contributed by atoms with Gasteiger partial charge in [0.05, 0.1) is 19.0 Å². The van der Waals surface area contributed by atoms with Gasteiger partial charge in [-0.2, -0.15) is 0 Å². The van der Waals surface area contributed by atoms with E-state index in [1.165, 1.54) is 12.7 Å². The molecule has 6 rings (SSSR count). The highest BCUT2D eigenvalue weighted by Crippen LogP contribution is 2.35. The predicted molar refractivity (Wildman–Crippen MR) is 155 cm³/mol. The molecule has 2 heterocycles. The molecule has 1 atom stereocenters. The minimum absolute atomic E-state index is 0.0354. The molecule has 0 bridgehead atoms. The van der Waals surface area contributed by atoms with E-state index in [0.29, 0.717) is 18.7 Å². The zero-order chi connectivity index (χ0) is 27.8. The number of amides is 1. The third-order valence-corrected chi connectivity index (χ3v) is 8.18. The maximum atomic E-state index is 13.5. The van der Waals surface area contributed by atoms with Gasteiger partial charge in [-0.25, -0.2) is 4.68 Å². The van der Waals surface area contributed by atoms with Gasteiger partial charge in [0.2, 0.25) is 0 Å². The number of fused-ring (bicyclic) bond motifs is 3. The number of methoxy groups -OCH3 is 1. The van der Waals surface area contributed by atoms with E-state index in [-0.39, 0.29) is 24.2 Å². The van der Waals surface area contributed by atoms with Gasteiger partial charge in [-0.05, 0) is 77.1 Å². The van der Waals surface area contributed by atoms with E-state index in [1.54, 1.807) is 0 Å². The van der Waals surface area contributed by atoms with Gasteiger partial charge < -0.3 is 9.64 Å². The van der Waals surface area contributed by atoms with Crippen molar-refractivity contribution in [2.75, 3.05) is 13.7 Å². The van der Waals surface area contributed by atoms with E-state index in [9.17, 15) is 9.59 Å². The maximum Gasteiger partial charge on any atom is 0.306 e. The van der Waals surface area contributed by atoms with Crippen molar-refractivity contribution in [2.24, 2.45) is 0 Å². The van der Waals surface area contributed by atoms with Crippen LogP contribution in [-0.4, -0.2) is 45.4 Å². The summed E-state index contributed by atoms with van der Waals surface area (Å²) in [5.74, 6) is -0.443. The Morgan fingerprint density at radius 3 is 2.60 bits per heavy atom. The average molecular weight is 533 g/mol. The molecule has 4 aromatic carbocycles. The second-order valence-electron chi connectivity index (χ2n) is 10.5. The van der Waals surface area contributed by atoms with Crippen molar-refractivity contribution in [1.82, 2.24) is 19.9 Å². The Morgan fingerprint density at radius 1 is 0.975 bits per heavy atom. The van der Waals surface area contributed by atoms with Crippen molar-refractivity contribution >= 4 is 33.7 Å². The second kappa shape index (κ2) is 10.6. The molecule has 0 spiro atoms. The second-order valence-corrected chi connectivity index (χ2v) is 10.5. The zero-order valence-corrected chi connectivity index (χ0v) is 23.1. The molecule has 0 N–H and O–H groups in total. The Hall–Kier alpha value is -4.52. The van der Waals surface area contributed by atoms with Crippen molar-refractivity contribution in [1.29, 1.82) is 0 Å². The molecular weight excluding hydrogens is 500 g/mol. The number of ether oxygens (including phenoxy) is 1. The summed E-state index contributed by atoms with van der Waals surface area (Å²) in [6.45, 7) is 6.02. The Labute approximate surface area is 233 Å². The van der Waals surface area contributed by atoms with E-state index in [4.69, 9.17) is 4.74 Å². The Bertz CT molecular complexity index is 1760. The van der Waals surface area contributed by atoms with E-state index in [2.05, 4.69) is 40.6 Å². The lowest BCUT2D eigenvalue weighted by atomic mass is 9.83. The van der Waals surface area contributed by atoms with Gasteiger partial charge in [0.15, 0.2) is 0 Å². The predicted octanol–water partition coefficient (Wildman–Crippen LogP) is 5.81. The van der Waals surface area contributed by atoms with Crippen LogP contribution in [0.1, 0.15) is 57.4 Å². The highest BCUT2D eigenvalue weighted by atomic mass is 16.5. The standard InChI is InChI=1S/C33H32N4O3/c1-4-37-30-14-13-28(21(2)32(30)34-35-37)29(19-31(38)40-3)25-11-9-23-15-16-36(20-27(23)18-25)33(39)26-12-10-22-7-5-6-8-24(22)17-26/h5-14,17-18,29H,4,15-16,19-20H2,1-3H3. The molecule has 202 valence electrons. The molecule has 0 aliphatic carbocycles. The number of esters is 1. The van der Waals surface area contributed by atoms with Crippen LogP contribution in [0.3, 0.4) is 0 Å². The van der Waals surface area contributed by atoms with E-state index < -0.39 is 0 Å². The van der Waals surface area contributed by atoms with Crippen LogP contribution in [0.5, 0.6) is 0 Å². The largest absolute Gasteiger partial charge is 0.469 e. The van der Waals surface area contributed by atoms with E-state index in [1.807, 2.05) is 65.9 Å². The molecule has 1 aromatic heterocycles. The van der Waals surface area contributed by atoms with Crippen LogP contribution in [0.2, 0.25) is 0 Å². The summed E-state index contributed by atoms with van der Waals surface area (Å²) < 4.78 is 6.97. The van der Waals surface area contributed by atoms with Crippen LogP contribution in [0.25, 0.3) is 21.8 Å². The number of hydrogen-bond donors (Lipinski definition) is 0. The summed E-state index contributed by atoms with van der Waals surface area (Å²) in [7, 11) is 1.42. The lowest BCUT2D eigenvalue weighted by Crippen LogP contribution is -2.36. The number of hydrogen-bond acceptors (Lipinski definition) is 5. The molecule has 7 nitrogen and oxygen atoms in total. The first-order chi connectivity index (χ1) is 19.5. The lowest BCUT2D eigenvalue weighted by molar-refractivity contribution is -0.140. The molecular formula is C33H32N4O3. The van der Waals surface area contributed by atoms with Crippen LogP contribution in [-0.2, 0) is 29.0 Å². The van der Waals surface area contributed by atoms with Gasteiger partial charge in [-0.3, -0.25) is 9.59 Å². The third-order valence-electron chi connectivity index (χ3n) is 8.18. The smallest absolute Gasteiger partial charge is 0.306 e. The number of benzene rings is 4. The monoisotopic (exact) mass is 532 g/mol. The van der Waals surface area contributed by atoms with Crippen molar-refractivity contribution in [3.63, 3.8) is 0 Å². The molecule has 0 saturated heterocycles. The molecule has 5 aromatic rings. The summed E-state index contributed by atoms with van der Waals surface area (Å²) in [5, 5.41) is 10.9. The number of rotatable bonds is 6. The summed E-state index contributed by atoms with van der Waals surface area (Å²) in [6, 6.07) is 24.5. The SMILES string of the molecule is CCn1nnc2c(C)c(C(CC(=O)OC)c3ccc4c(c3)CN(C(=O)c3ccc5ccccc5c3)CC4)ccc21. The van der Waals surface area contributed by atoms with Crippen LogP contribution < -0.4 is 0 Å². The molecule has 1 aliphatic heterocycles. The Kier molecular flexibility index (Phi) is 6.80. The summed E-state index contributed by atoms with van der Waals surface area (Å²) >= 11 is 0. The van der Waals surface area contributed by atoms with Crippen LogP contribution >= 0.6 is 0 Å². The molecule has 0 radical (unpaired) electrons. The zero-order valence-electron chi connectivity index (χ0n) is 23.1. The Balaban J connectivity index is 1.33. The average Bonchev–Trinajstić information content (AvgIpc) is 3.43. The van der Waals surface area contributed by atoms with Gasteiger partial charge in [-0.15, -0.1) is 5.10 Å². The number of aryl methyl sites for hydroxylation is 2. The molecule has 1 unspecified atom stereocenters. The van der Waals surface area contributed by atoms with Crippen molar-refractivity contribution < 1.29 is 14.3 Å². The number of carbonyl (C=O) groups is 2. The van der Waals surface area contributed by atoms with Gasteiger partial charge in [0.25, 0.3) is 5.91 Å². The van der Waals surface area contributed by atoms with E-state index in [0.717, 1.165) is 57.0 Å². The molecule has 1 aliphatic rings. The van der Waals surface area contributed by atoms with Crippen molar-refractivity contribution in [3.05, 3.63) is 106 Å². The first-order valence-electron chi connectivity index (χ1n) is 13.8. The molecule has 1 amide bonds. The molecule has 40 heavy (non-hydrogen) atoms. The fraction of sp³-hybridized carbons (Fsp3) is 0.273. The minimum Gasteiger partial charge on any atom is -0.469 e. The van der Waals surface area contributed by atoms with Crippen LogP contribution in [0.15, 0.2) is 72.8 Å². The normalized spacial score (nSPS) is 13.8. The lowest BCUT2D eigenvalue weighted by Gasteiger charge is -2.30. The Morgan fingerprint density at radius 2 is 1.80 bits per heavy atom. The fourth-order valence-electron chi connectivity index (χ4n) is 5.92. The third kappa shape index (κ3) is 4.62. The van der Waals surface area contributed by atoms with Gasteiger partial charge in [-0.1, -0.05) is 59.8 Å². The summed E-state index contributed by atoms with van der Waals surface area (Å²) in [6.07, 6.45) is 1.00. The van der Waals surface area contributed by atoms with Crippen molar-refractivity contribution in [3.8, 4) is 0 Å². The number of nitrogens with zero attached hydrogens (tertiary/aromatic N) is 4. The van der Waals surface area contributed by atoms with E-state index >= 15 is 0 Å². The molecule has 0 fully saturated rings. The quantitative estimate of drug-likeness (QED) is 0.258. The fourth-order valence-corrected chi connectivity index (χ4v) is 5.92. The van der Waals surface area contributed by atoms with Crippen LogP contribution in [0, 0.1) is 6.92 Å². The topological polar surface area (TPSA) is 77.3 Å². The summed E-state index contributed by atoms with van der Waals surface area (Å²) in [5.41, 5.74) is 7.94. The minimum atomic E-state index is -0.271. The van der Waals surface area contributed by atoms with Gasteiger partial charge >= 0.3 is 5.97 Å². The first kappa shape index (κ1) is 25.7. The van der Waals surface area contributed by atoms with Crippen LogP contribution in [0.4, 0.5) is 0 Å². The number of carbonyl (C=O) groups excluding carboxylic acids is 2. The highest BCUT2D eigenvalue weighted by molar-refractivity contribution is 5.98. The number of aromatic nitrogens is 3. The maximum absolute atomic E-state index is 13.5. The highest BCUT2D eigenvalue weighted by Gasteiger charge is 2.26. The van der Waals surface area contributed by atoms with Gasteiger partial charge in [0, 0.05) is 31.1 Å². The molecule has 0 saturated carbocycles. The first-order valence-corrected chi connectivity index (χ1v) is 13.8. The van der Waals surface area contributed by atoms with Crippen molar-refractivity contribution in [2.45, 2.75) is 45.7 Å². The van der Waals surface area contributed by atoms with Gasteiger partial charge in [0.1, 0.15) is 5.52 Å².